The number of benzene rings is 1. The number of nitrogens with two attached hydrogens (primary N) is 1. The Labute approximate surface area is 110 Å². The fourth-order valence-electron chi connectivity index (χ4n) is 1.70. The summed E-state index contributed by atoms with van der Waals surface area (Å²) in [7, 11) is 1.99. The molecule has 0 saturated carbocycles. The Kier molecular flexibility index (Phi) is 5.65. The summed E-state index contributed by atoms with van der Waals surface area (Å²) in [6.07, 6.45) is 0. The molecule has 0 bridgehead atoms. The molecule has 0 amide bonds. The zero-order valence-corrected chi connectivity index (χ0v) is 11.8. The predicted molar refractivity (Wildman–Crippen MR) is 77.1 cm³/mol. The van der Waals surface area contributed by atoms with Crippen LogP contribution in [0.5, 0.6) is 0 Å². The van der Waals surface area contributed by atoms with Crippen molar-refractivity contribution in [1.82, 2.24) is 10.3 Å². The molecular formula is C14H24N4. The van der Waals surface area contributed by atoms with Crippen LogP contribution in [0.25, 0.3) is 0 Å². The van der Waals surface area contributed by atoms with Crippen molar-refractivity contribution >= 4 is 5.96 Å². The molecule has 0 aliphatic carbocycles. The summed E-state index contributed by atoms with van der Waals surface area (Å²) in [5.74, 6) is 6.78. The number of hydrazine groups is 1. The highest BCUT2D eigenvalue weighted by Crippen LogP contribution is 2.06. The second-order valence-corrected chi connectivity index (χ2v) is 5.05. The van der Waals surface area contributed by atoms with Gasteiger partial charge < -0.3 is 4.90 Å². The average molecular weight is 248 g/mol. The normalized spacial score (nSPS) is 11.8. The molecule has 0 fully saturated rings. The smallest absolute Gasteiger partial charge is 0.208 e. The summed E-state index contributed by atoms with van der Waals surface area (Å²) in [5, 5.41) is 0. The number of hydrogen-bond acceptors (Lipinski definition) is 2. The maximum absolute atomic E-state index is 5.52. The third-order valence-corrected chi connectivity index (χ3v) is 2.60. The lowest BCUT2D eigenvalue weighted by molar-refractivity contribution is 0.474. The van der Waals surface area contributed by atoms with Gasteiger partial charge in [0.1, 0.15) is 0 Å². The maximum Gasteiger partial charge on any atom is 0.208 e. The highest BCUT2D eigenvalue weighted by Gasteiger charge is 2.06. The van der Waals surface area contributed by atoms with E-state index in [1.807, 2.05) is 11.9 Å². The first-order valence-corrected chi connectivity index (χ1v) is 6.30. The van der Waals surface area contributed by atoms with Crippen molar-refractivity contribution < 1.29 is 0 Å². The summed E-state index contributed by atoms with van der Waals surface area (Å²) < 4.78 is 0. The van der Waals surface area contributed by atoms with Gasteiger partial charge in [-0.1, -0.05) is 43.7 Å². The molecule has 0 radical (unpaired) electrons. The second kappa shape index (κ2) is 7.01. The van der Waals surface area contributed by atoms with Crippen molar-refractivity contribution in [3.63, 3.8) is 0 Å². The Morgan fingerprint density at radius 1 is 1.44 bits per heavy atom. The van der Waals surface area contributed by atoms with Crippen LogP contribution in [0.15, 0.2) is 29.3 Å². The third-order valence-electron chi connectivity index (χ3n) is 2.60. The number of hydrogen-bond donors (Lipinski definition) is 2. The van der Waals surface area contributed by atoms with Crippen molar-refractivity contribution in [3.05, 3.63) is 35.4 Å². The quantitative estimate of drug-likeness (QED) is 0.370. The van der Waals surface area contributed by atoms with E-state index in [-0.39, 0.29) is 0 Å². The zero-order chi connectivity index (χ0) is 13.5. The largest absolute Gasteiger partial charge is 0.341 e. The number of aliphatic imine (C=N–C) groups is 1. The standard InChI is InChI=1S/C14H24N4/c1-11(2)9-16-14(17-15)18(4)10-13-7-5-6-12(3)8-13/h5-8,11H,9-10,15H2,1-4H3,(H,16,17). The lowest BCUT2D eigenvalue weighted by Gasteiger charge is -2.21. The topological polar surface area (TPSA) is 53.6 Å². The van der Waals surface area contributed by atoms with Crippen LogP contribution in [0.2, 0.25) is 0 Å². The summed E-state index contributed by atoms with van der Waals surface area (Å²) in [6, 6.07) is 8.45. The monoisotopic (exact) mass is 248 g/mol. The van der Waals surface area contributed by atoms with Gasteiger partial charge in [0, 0.05) is 20.1 Å². The van der Waals surface area contributed by atoms with Gasteiger partial charge in [-0.2, -0.15) is 0 Å². The molecule has 0 heterocycles. The van der Waals surface area contributed by atoms with E-state index in [0.717, 1.165) is 19.0 Å². The number of nitrogens with zero attached hydrogens (tertiary/aromatic N) is 2. The Morgan fingerprint density at radius 3 is 2.72 bits per heavy atom. The number of aryl methyl sites for hydroxylation is 1. The van der Waals surface area contributed by atoms with Crippen LogP contribution in [0.4, 0.5) is 0 Å². The van der Waals surface area contributed by atoms with Gasteiger partial charge in [-0.05, 0) is 18.4 Å². The second-order valence-electron chi connectivity index (χ2n) is 5.05. The van der Waals surface area contributed by atoms with E-state index in [0.29, 0.717) is 5.92 Å². The van der Waals surface area contributed by atoms with Crippen LogP contribution >= 0.6 is 0 Å². The van der Waals surface area contributed by atoms with E-state index in [1.165, 1.54) is 11.1 Å². The van der Waals surface area contributed by atoms with Crippen molar-refractivity contribution in [2.45, 2.75) is 27.3 Å². The molecule has 3 N–H and O–H groups in total. The Morgan fingerprint density at radius 2 is 2.17 bits per heavy atom. The van der Waals surface area contributed by atoms with Gasteiger partial charge in [0.2, 0.25) is 5.96 Å². The first-order valence-electron chi connectivity index (χ1n) is 6.30. The number of rotatable bonds is 4. The van der Waals surface area contributed by atoms with E-state index in [1.54, 1.807) is 0 Å². The minimum atomic E-state index is 0.528. The van der Waals surface area contributed by atoms with Gasteiger partial charge >= 0.3 is 0 Å². The summed E-state index contributed by atoms with van der Waals surface area (Å²) in [5.41, 5.74) is 5.19. The SMILES string of the molecule is Cc1cccc(CN(C)C(=NCC(C)C)NN)c1. The van der Waals surface area contributed by atoms with Crippen LogP contribution in [0.3, 0.4) is 0 Å². The molecule has 18 heavy (non-hydrogen) atoms. The van der Waals surface area contributed by atoms with E-state index in [9.17, 15) is 0 Å². The fourth-order valence-corrected chi connectivity index (χ4v) is 1.70. The molecule has 1 rings (SSSR count). The summed E-state index contributed by atoms with van der Waals surface area (Å²) in [6.45, 7) is 7.94. The molecule has 0 unspecified atom stereocenters. The molecule has 0 aliphatic heterocycles. The van der Waals surface area contributed by atoms with E-state index in [4.69, 9.17) is 5.84 Å². The van der Waals surface area contributed by atoms with Crippen molar-refractivity contribution in [1.29, 1.82) is 0 Å². The van der Waals surface area contributed by atoms with Crippen LogP contribution in [0, 0.1) is 12.8 Å². The predicted octanol–water partition coefficient (Wildman–Crippen LogP) is 1.90. The van der Waals surface area contributed by atoms with Gasteiger partial charge in [-0.15, -0.1) is 0 Å². The van der Waals surface area contributed by atoms with E-state index in [2.05, 4.69) is 55.5 Å². The molecule has 1 aromatic carbocycles. The van der Waals surface area contributed by atoms with E-state index >= 15 is 0 Å². The molecule has 100 valence electrons. The third kappa shape index (κ3) is 4.75. The van der Waals surface area contributed by atoms with Gasteiger partial charge in [0.25, 0.3) is 0 Å². The molecular weight excluding hydrogens is 224 g/mol. The first-order chi connectivity index (χ1) is 8.52. The van der Waals surface area contributed by atoms with Crippen LogP contribution in [-0.2, 0) is 6.54 Å². The van der Waals surface area contributed by atoms with Gasteiger partial charge in [-0.3, -0.25) is 10.4 Å². The highest BCUT2D eigenvalue weighted by atomic mass is 15.4. The number of nitrogens with one attached hydrogen (secondary N) is 1. The fraction of sp³-hybridized carbons (Fsp3) is 0.500. The number of guanidine groups is 1. The summed E-state index contributed by atoms with van der Waals surface area (Å²) in [4.78, 5) is 6.49. The molecule has 4 nitrogen and oxygen atoms in total. The minimum Gasteiger partial charge on any atom is -0.341 e. The van der Waals surface area contributed by atoms with Crippen molar-refractivity contribution in [2.24, 2.45) is 16.8 Å². The summed E-state index contributed by atoms with van der Waals surface area (Å²) >= 11 is 0. The molecule has 1 aromatic rings. The van der Waals surface area contributed by atoms with Gasteiger partial charge in [0.15, 0.2) is 0 Å². The highest BCUT2D eigenvalue weighted by molar-refractivity contribution is 5.79. The molecule has 0 aliphatic rings. The molecule has 0 atom stereocenters. The zero-order valence-electron chi connectivity index (χ0n) is 11.8. The lowest BCUT2D eigenvalue weighted by atomic mass is 10.1. The maximum atomic E-state index is 5.52. The van der Waals surface area contributed by atoms with Gasteiger partial charge in [-0.25, -0.2) is 5.84 Å². The molecule has 0 aromatic heterocycles. The molecule has 0 spiro atoms. The average Bonchev–Trinajstić information content (AvgIpc) is 2.29. The Bertz CT molecular complexity index is 399. The first kappa shape index (κ1) is 14.5. The van der Waals surface area contributed by atoms with Crippen molar-refractivity contribution in [2.75, 3.05) is 13.6 Å². The van der Waals surface area contributed by atoms with E-state index < -0.39 is 0 Å². The van der Waals surface area contributed by atoms with Crippen LogP contribution < -0.4 is 11.3 Å². The molecule has 0 saturated heterocycles. The Hall–Kier alpha value is -1.55. The lowest BCUT2D eigenvalue weighted by Crippen LogP contribution is -2.42. The minimum absolute atomic E-state index is 0.528. The van der Waals surface area contributed by atoms with Crippen molar-refractivity contribution in [3.8, 4) is 0 Å². The van der Waals surface area contributed by atoms with Gasteiger partial charge in [0.05, 0.1) is 0 Å². The van der Waals surface area contributed by atoms with Crippen LogP contribution in [-0.4, -0.2) is 24.5 Å². The Balaban J connectivity index is 2.67. The molecule has 4 heteroatoms. The van der Waals surface area contributed by atoms with Crippen LogP contribution in [0.1, 0.15) is 25.0 Å².